The summed E-state index contributed by atoms with van der Waals surface area (Å²) in [6, 6.07) is 0.369. The van der Waals surface area contributed by atoms with Crippen LogP contribution in [0.2, 0.25) is 0 Å². The number of nitrogens with zero attached hydrogens (tertiary/aromatic N) is 1. The van der Waals surface area contributed by atoms with Crippen LogP contribution in [0, 0.1) is 17.8 Å². The van der Waals surface area contributed by atoms with E-state index in [1.807, 2.05) is 6.92 Å². The molecule has 3 fully saturated rings. The van der Waals surface area contributed by atoms with Crippen molar-refractivity contribution in [1.82, 2.24) is 4.90 Å². The molecule has 1 heterocycles. The molecule has 6 atom stereocenters. The van der Waals surface area contributed by atoms with Gasteiger partial charge in [-0.2, -0.15) is 0 Å². The number of aliphatic hydroxyl groups is 2. The molecule has 0 aromatic rings. The second-order valence-corrected chi connectivity index (χ2v) is 5.44. The highest BCUT2D eigenvalue weighted by atomic mass is 16.3. The lowest BCUT2D eigenvalue weighted by molar-refractivity contribution is 0.0341. The van der Waals surface area contributed by atoms with Crippen LogP contribution < -0.4 is 0 Å². The van der Waals surface area contributed by atoms with E-state index in [-0.39, 0.29) is 12.2 Å². The quantitative estimate of drug-likeness (QED) is 0.658. The van der Waals surface area contributed by atoms with Crippen molar-refractivity contribution in [3.8, 4) is 0 Å². The Morgan fingerprint density at radius 2 is 2.14 bits per heavy atom. The van der Waals surface area contributed by atoms with Crippen molar-refractivity contribution in [3.63, 3.8) is 0 Å². The summed E-state index contributed by atoms with van der Waals surface area (Å²) in [4.78, 5) is 2.32. The number of rotatable bonds is 2. The lowest BCUT2D eigenvalue weighted by atomic mass is 9.88. The summed E-state index contributed by atoms with van der Waals surface area (Å²) < 4.78 is 0. The molecule has 2 N–H and O–H groups in total. The minimum Gasteiger partial charge on any atom is -0.392 e. The zero-order chi connectivity index (χ0) is 9.87. The molecular weight excluding hydrogens is 178 g/mol. The van der Waals surface area contributed by atoms with Crippen LogP contribution in [0.25, 0.3) is 0 Å². The van der Waals surface area contributed by atoms with Crippen LogP contribution in [-0.2, 0) is 0 Å². The number of hydrogen-bond acceptors (Lipinski definition) is 3. The Kier molecular flexibility index (Phi) is 1.92. The van der Waals surface area contributed by atoms with Crippen molar-refractivity contribution in [3.05, 3.63) is 0 Å². The SMILES string of the molecule is CC(O)CN1CC2CC3CC2C1C3O. The van der Waals surface area contributed by atoms with E-state index in [9.17, 15) is 10.2 Å². The number of β-amino-alcohol motifs (C(OH)–C–C–N with tert-alkyl or cyclic N) is 1. The largest absolute Gasteiger partial charge is 0.392 e. The van der Waals surface area contributed by atoms with E-state index in [1.165, 1.54) is 12.8 Å². The maximum Gasteiger partial charge on any atom is 0.0726 e. The summed E-state index contributed by atoms with van der Waals surface area (Å²) in [5.74, 6) is 2.11. The number of aliphatic hydroxyl groups excluding tert-OH is 2. The second kappa shape index (κ2) is 2.94. The van der Waals surface area contributed by atoms with Crippen LogP contribution in [0.4, 0.5) is 0 Å². The minimum absolute atomic E-state index is 0.113. The molecule has 3 rings (SSSR count). The van der Waals surface area contributed by atoms with Crippen molar-refractivity contribution >= 4 is 0 Å². The summed E-state index contributed by atoms with van der Waals surface area (Å²) in [6.45, 7) is 3.67. The molecule has 3 nitrogen and oxygen atoms in total. The predicted octanol–water partition coefficient (Wildman–Crippen LogP) is 0.0683. The van der Waals surface area contributed by atoms with Gasteiger partial charge in [0.25, 0.3) is 0 Å². The summed E-state index contributed by atoms with van der Waals surface area (Å²) in [6.07, 6.45) is 2.07. The van der Waals surface area contributed by atoms with Gasteiger partial charge >= 0.3 is 0 Å². The molecule has 2 saturated carbocycles. The molecule has 3 aliphatic rings. The highest BCUT2D eigenvalue weighted by Crippen LogP contribution is 2.54. The molecule has 0 amide bonds. The molecule has 0 spiro atoms. The van der Waals surface area contributed by atoms with Crippen LogP contribution >= 0.6 is 0 Å². The van der Waals surface area contributed by atoms with Gasteiger partial charge in [0, 0.05) is 19.1 Å². The fraction of sp³-hybridized carbons (Fsp3) is 1.00. The Morgan fingerprint density at radius 3 is 2.79 bits per heavy atom. The van der Waals surface area contributed by atoms with Gasteiger partial charge in [0.2, 0.25) is 0 Å². The van der Waals surface area contributed by atoms with E-state index < -0.39 is 0 Å². The van der Waals surface area contributed by atoms with Gasteiger partial charge in [0.05, 0.1) is 12.2 Å². The Labute approximate surface area is 84.7 Å². The normalized spacial score (nSPS) is 52.9. The smallest absolute Gasteiger partial charge is 0.0726 e. The maximum absolute atomic E-state index is 10.1. The highest BCUT2D eigenvalue weighted by Gasteiger charge is 2.58. The fourth-order valence-electron chi connectivity index (χ4n) is 4.09. The van der Waals surface area contributed by atoms with Crippen LogP contribution in [0.15, 0.2) is 0 Å². The van der Waals surface area contributed by atoms with Crippen molar-refractivity contribution in [2.45, 2.75) is 38.0 Å². The molecule has 2 bridgehead atoms. The van der Waals surface area contributed by atoms with Gasteiger partial charge in [-0.15, -0.1) is 0 Å². The summed E-state index contributed by atoms with van der Waals surface area (Å²) >= 11 is 0. The third-order valence-corrected chi connectivity index (χ3v) is 4.45. The first-order valence-electron chi connectivity index (χ1n) is 5.77. The zero-order valence-electron chi connectivity index (χ0n) is 8.63. The number of fused-ring (bicyclic) bond motifs is 1. The monoisotopic (exact) mass is 197 g/mol. The van der Waals surface area contributed by atoms with Crippen molar-refractivity contribution in [2.24, 2.45) is 17.8 Å². The molecule has 6 unspecified atom stereocenters. The molecule has 14 heavy (non-hydrogen) atoms. The van der Waals surface area contributed by atoms with Crippen molar-refractivity contribution < 1.29 is 10.2 Å². The Hall–Kier alpha value is -0.120. The Bertz CT molecular complexity index is 241. The lowest BCUT2D eigenvalue weighted by Crippen LogP contribution is -2.43. The first kappa shape index (κ1) is 9.13. The summed E-state index contributed by atoms with van der Waals surface area (Å²) in [5.41, 5.74) is 0. The predicted molar refractivity (Wildman–Crippen MR) is 52.8 cm³/mol. The van der Waals surface area contributed by atoms with Gasteiger partial charge in [-0.05, 0) is 37.5 Å². The van der Waals surface area contributed by atoms with E-state index in [0.29, 0.717) is 12.0 Å². The fourth-order valence-corrected chi connectivity index (χ4v) is 4.09. The van der Waals surface area contributed by atoms with Crippen LogP contribution in [0.5, 0.6) is 0 Å². The van der Waals surface area contributed by atoms with Crippen LogP contribution in [0.1, 0.15) is 19.8 Å². The minimum atomic E-state index is -0.265. The van der Waals surface area contributed by atoms with E-state index in [1.54, 1.807) is 0 Å². The second-order valence-electron chi connectivity index (χ2n) is 5.44. The molecule has 0 aromatic heterocycles. The van der Waals surface area contributed by atoms with E-state index in [2.05, 4.69) is 4.90 Å². The van der Waals surface area contributed by atoms with Crippen molar-refractivity contribution in [1.29, 1.82) is 0 Å². The van der Waals surface area contributed by atoms with Crippen LogP contribution in [-0.4, -0.2) is 46.5 Å². The standard InChI is InChI=1S/C11H19NO2/c1-6(13)4-12-5-8-2-7-3-9(8)10(12)11(7)14/h6-11,13-14H,2-5H2,1H3. The zero-order valence-corrected chi connectivity index (χ0v) is 8.63. The van der Waals surface area contributed by atoms with Crippen LogP contribution in [0.3, 0.4) is 0 Å². The molecule has 3 heteroatoms. The average molecular weight is 197 g/mol. The van der Waals surface area contributed by atoms with Crippen molar-refractivity contribution in [2.75, 3.05) is 13.1 Å². The van der Waals surface area contributed by atoms with E-state index >= 15 is 0 Å². The first-order chi connectivity index (χ1) is 6.66. The maximum atomic E-state index is 10.1. The van der Waals surface area contributed by atoms with E-state index in [0.717, 1.165) is 24.9 Å². The van der Waals surface area contributed by atoms with Gasteiger partial charge in [-0.3, -0.25) is 4.90 Å². The first-order valence-corrected chi connectivity index (χ1v) is 5.77. The molecular formula is C11H19NO2. The number of likely N-dealkylation sites (tertiary alicyclic amines) is 1. The lowest BCUT2D eigenvalue weighted by Gasteiger charge is -2.29. The third kappa shape index (κ3) is 1.09. The number of hydrogen-bond donors (Lipinski definition) is 2. The Morgan fingerprint density at radius 1 is 1.36 bits per heavy atom. The van der Waals surface area contributed by atoms with Gasteiger partial charge < -0.3 is 10.2 Å². The molecule has 80 valence electrons. The molecule has 2 aliphatic carbocycles. The van der Waals surface area contributed by atoms with Gasteiger partial charge in [0.1, 0.15) is 0 Å². The summed E-state index contributed by atoms with van der Waals surface area (Å²) in [5, 5.41) is 19.5. The van der Waals surface area contributed by atoms with Gasteiger partial charge in [-0.25, -0.2) is 0 Å². The molecule has 1 saturated heterocycles. The van der Waals surface area contributed by atoms with E-state index in [4.69, 9.17) is 0 Å². The molecule has 0 aromatic carbocycles. The third-order valence-electron chi connectivity index (χ3n) is 4.45. The van der Waals surface area contributed by atoms with Gasteiger partial charge in [0.15, 0.2) is 0 Å². The molecule has 0 radical (unpaired) electrons. The Balaban J connectivity index is 1.78. The van der Waals surface area contributed by atoms with Gasteiger partial charge in [-0.1, -0.05) is 0 Å². The highest BCUT2D eigenvalue weighted by molar-refractivity contribution is 5.10. The molecule has 1 aliphatic heterocycles. The topological polar surface area (TPSA) is 43.7 Å². The summed E-state index contributed by atoms with van der Waals surface area (Å²) in [7, 11) is 0. The average Bonchev–Trinajstić information content (AvgIpc) is 2.63.